The van der Waals surface area contributed by atoms with Crippen molar-refractivity contribution >= 4 is 29.0 Å². The van der Waals surface area contributed by atoms with E-state index in [2.05, 4.69) is 4.90 Å². The molecule has 17 heavy (non-hydrogen) atoms. The second kappa shape index (κ2) is 5.80. The number of hydrogen-bond acceptors (Lipinski definition) is 3. The summed E-state index contributed by atoms with van der Waals surface area (Å²) in [5.74, 6) is 1.98. The molecule has 92 valence electrons. The van der Waals surface area contributed by atoms with Gasteiger partial charge in [0.1, 0.15) is 10.8 Å². The molecule has 1 aliphatic rings. The van der Waals surface area contributed by atoms with E-state index in [9.17, 15) is 4.39 Å². The van der Waals surface area contributed by atoms with E-state index in [1.165, 1.54) is 0 Å². The van der Waals surface area contributed by atoms with Crippen molar-refractivity contribution in [3.63, 3.8) is 0 Å². The summed E-state index contributed by atoms with van der Waals surface area (Å²) in [5.41, 5.74) is 6.52. The molecule has 0 aliphatic carbocycles. The number of benzene rings is 1. The highest BCUT2D eigenvalue weighted by Gasteiger charge is 2.15. The van der Waals surface area contributed by atoms with E-state index in [4.69, 9.17) is 18.0 Å². The molecule has 1 aliphatic heterocycles. The molecule has 0 amide bonds. The average Bonchev–Trinajstić information content (AvgIpc) is 2.33. The monoisotopic (exact) mass is 270 g/mol. The molecule has 0 spiro atoms. The number of hydrogen-bond donors (Lipinski definition) is 1. The van der Waals surface area contributed by atoms with Crippen molar-refractivity contribution in [1.82, 2.24) is 4.90 Å². The maximum Gasteiger partial charge on any atom is 0.137 e. The number of halogens is 1. The van der Waals surface area contributed by atoms with Crippen molar-refractivity contribution in [3.05, 3.63) is 35.1 Å². The van der Waals surface area contributed by atoms with Crippen LogP contribution in [0.2, 0.25) is 0 Å². The van der Waals surface area contributed by atoms with Gasteiger partial charge in [-0.15, -0.1) is 0 Å². The molecule has 0 radical (unpaired) electrons. The van der Waals surface area contributed by atoms with Crippen LogP contribution in [0, 0.1) is 5.82 Å². The third kappa shape index (κ3) is 3.18. The fraction of sp³-hybridized carbons (Fsp3) is 0.417. The van der Waals surface area contributed by atoms with E-state index >= 15 is 0 Å². The van der Waals surface area contributed by atoms with Gasteiger partial charge in [0.15, 0.2) is 0 Å². The van der Waals surface area contributed by atoms with Gasteiger partial charge in [0, 0.05) is 42.3 Å². The Hall–Kier alpha value is -0.650. The molecule has 0 atom stereocenters. The van der Waals surface area contributed by atoms with Gasteiger partial charge in [0.2, 0.25) is 0 Å². The second-order valence-corrected chi connectivity index (χ2v) is 5.70. The molecule has 0 saturated carbocycles. The van der Waals surface area contributed by atoms with Crippen LogP contribution in [0.25, 0.3) is 0 Å². The van der Waals surface area contributed by atoms with Crippen LogP contribution in [-0.2, 0) is 6.54 Å². The summed E-state index contributed by atoms with van der Waals surface area (Å²) in [6, 6.07) is 5.25. The van der Waals surface area contributed by atoms with E-state index in [1.54, 1.807) is 12.1 Å². The number of thiocarbonyl (C=S) groups is 1. The Balaban J connectivity index is 2.15. The molecule has 1 fully saturated rings. The zero-order chi connectivity index (χ0) is 12.3. The summed E-state index contributed by atoms with van der Waals surface area (Å²) in [5, 5.41) is 0. The Morgan fingerprint density at radius 2 is 2.12 bits per heavy atom. The van der Waals surface area contributed by atoms with Crippen LogP contribution >= 0.6 is 24.0 Å². The largest absolute Gasteiger partial charge is 0.389 e. The summed E-state index contributed by atoms with van der Waals surface area (Å²) in [6.07, 6.45) is 0. The number of nitrogens with two attached hydrogens (primary N) is 1. The number of rotatable bonds is 3. The minimum Gasteiger partial charge on any atom is -0.389 e. The number of nitrogens with zero attached hydrogens (tertiary/aromatic N) is 1. The molecule has 1 aromatic carbocycles. The molecule has 2 nitrogen and oxygen atoms in total. The summed E-state index contributed by atoms with van der Waals surface area (Å²) >= 11 is 6.78. The van der Waals surface area contributed by atoms with Gasteiger partial charge in [-0.2, -0.15) is 11.8 Å². The molecule has 0 aromatic heterocycles. The second-order valence-electron chi connectivity index (χ2n) is 4.03. The Morgan fingerprint density at radius 1 is 1.41 bits per heavy atom. The molecular weight excluding hydrogens is 255 g/mol. The van der Waals surface area contributed by atoms with Crippen molar-refractivity contribution < 1.29 is 4.39 Å². The fourth-order valence-corrected chi connectivity index (χ4v) is 3.03. The van der Waals surface area contributed by atoms with Crippen LogP contribution in [0.3, 0.4) is 0 Å². The normalized spacial score (nSPS) is 17.0. The molecule has 2 N–H and O–H groups in total. The first-order valence-corrected chi connectivity index (χ1v) is 7.12. The Bertz CT molecular complexity index is 417. The van der Waals surface area contributed by atoms with Gasteiger partial charge >= 0.3 is 0 Å². The quantitative estimate of drug-likeness (QED) is 0.851. The highest BCUT2D eigenvalue weighted by Crippen LogP contribution is 2.17. The van der Waals surface area contributed by atoms with Gasteiger partial charge in [-0.05, 0) is 6.07 Å². The highest BCUT2D eigenvalue weighted by molar-refractivity contribution is 7.99. The SMILES string of the molecule is NC(=S)c1cccc(CN2CCSCC2)c1F. The minimum absolute atomic E-state index is 0.124. The fourth-order valence-electron chi connectivity index (χ4n) is 1.89. The summed E-state index contributed by atoms with van der Waals surface area (Å²) < 4.78 is 14.1. The summed E-state index contributed by atoms with van der Waals surface area (Å²) in [6.45, 7) is 2.67. The van der Waals surface area contributed by atoms with E-state index in [0.717, 1.165) is 24.6 Å². The van der Waals surface area contributed by atoms with Crippen LogP contribution in [0.1, 0.15) is 11.1 Å². The lowest BCUT2D eigenvalue weighted by Crippen LogP contribution is -2.32. The van der Waals surface area contributed by atoms with E-state index < -0.39 is 0 Å². The maximum absolute atomic E-state index is 14.1. The first kappa shape index (κ1) is 12.8. The van der Waals surface area contributed by atoms with Gasteiger partial charge in [-0.1, -0.05) is 24.4 Å². The third-order valence-electron chi connectivity index (χ3n) is 2.84. The molecule has 1 aromatic rings. The molecule has 0 bridgehead atoms. The summed E-state index contributed by atoms with van der Waals surface area (Å²) in [4.78, 5) is 2.39. The van der Waals surface area contributed by atoms with Crippen molar-refractivity contribution in [1.29, 1.82) is 0 Å². The average molecular weight is 270 g/mol. The summed E-state index contributed by atoms with van der Waals surface area (Å²) in [7, 11) is 0. The van der Waals surface area contributed by atoms with Gasteiger partial charge < -0.3 is 5.73 Å². The standard InChI is InChI=1S/C12H15FN2S2/c13-11-9(2-1-3-10(11)12(14)16)8-15-4-6-17-7-5-15/h1-3H,4-8H2,(H2,14,16). The first-order chi connectivity index (χ1) is 8.18. The minimum atomic E-state index is -0.266. The Kier molecular flexibility index (Phi) is 4.36. The van der Waals surface area contributed by atoms with Crippen LogP contribution in [0.4, 0.5) is 4.39 Å². The molecule has 5 heteroatoms. The molecular formula is C12H15FN2S2. The van der Waals surface area contributed by atoms with Crippen LogP contribution in [0.15, 0.2) is 18.2 Å². The van der Waals surface area contributed by atoms with Crippen molar-refractivity contribution in [3.8, 4) is 0 Å². The topological polar surface area (TPSA) is 29.3 Å². The van der Waals surface area contributed by atoms with Gasteiger partial charge in [0.25, 0.3) is 0 Å². The highest BCUT2D eigenvalue weighted by atomic mass is 32.2. The van der Waals surface area contributed by atoms with Crippen LogP contribution < -0.4 is 5.73 Å². The lowest BCUT2D eigenvalue weighted by molar-refractivity contribution is 0.290. The zero-order valence-corrected chi connectivity index (χ0v) is 11.1. The van der Waals surface area contributed by atoms with Gasteiger partial charge in [-0.3, -0.25) is 4.90 Å². The van der Waals surface area contributed by atoms with Gasteiger partial charge in [-0.25, -0.2) is 4.39 Å². The third-order valence-corrected chi connectivity index (χ3v) is 4.00. The predicted octanol–water partition coefficient (Wildman–Crippen LogP) is 2.01. The lowest BCUT2D eigenvalue weighted by atomic mass is 10.1. The molecule has 1 saturated heterocycles. The van der Waals surface area contributed by atoms with Crippen LogP contribution in [0.5, 0.6) is 0 Å². The molecule has 2 rings (SSSR count). The maximum atomic E-state index is 14.1. The predicted molar refractivity (Wildman–Crippen MR) is 74.9 cm³/mol. The van der Waals surface area contributed by atoms with Gasteiger partial charge in [0.05, 0.1) is 0 Å². The lowest BCUT2D eigenvalue weighted by Gasteiger charge is -2.26. The number of thioether (sulfide) groups is 1. The smallest absolute Gasteiger partial charge is 0.137 e. The Morgan fingerprint density at radius 3 is 2.76 bits per heavy atom. The van der Waals surface area contributed by atoms with Crippen molar-refractivity contribution in [2.24, 2.45) is 5.73 Å². The molecule has 0 unspecified atom stereocenters. The van der Waals surface area contributed by atoms with E-state index in [-0.39, 0.29) is 10.8 Å². The van der Waals surface area contributed by atoms with E-state index in [1.807, 2.05) is 17.8 Å². The van der Waals surface area contributed by atoms with E-state index in [0.29, 0.717) is 17.7 Å². The zero-order valence-electron chi connectivity index (χ0n) is 9.49. The Labute approximate surface area is 110 Å². The first-order valence-electron chi connectivity index (χ1n) is 5.56. The van der Waals surface area contributed by atoms with Crippen molar-refractivity contribution in [2.45, 2.75) is 6.54 Å². The van der Waals surface area contributed by atoms with Crippen LogP contribution in [-0.4, -0.2) is 34.5 Å². The van der Waals surface area contributed by atoms with Crippen molar-refractivity contribution in [2.75, 3.05) is 24.6 Å². The molecule has 1 heterocycles.